The van der Waals surface area contributed by atoms with Gasteiger partial charge in [0.15, 0.2) is 0 Å². The predicted octanol–water partition coefficient (Wildman–Crippen LogP) is 6.97. The van der Waals surface area contributed by atoms with Gasteiger partial charge in [0, 0.05) is 38.3 Å². The summed E-state index contributed by atoms with van der Waals surface area (Å²) in [5, 5.41) is 2.40. The summed E-state index contributed by atoms with van der Waals surface area (Å²) in [7, 11) is 1.67. The molecule has 2 aromatic rings. The molecule has 53 heavy (non-hydrogen) atoms. The zero-order valence-corrected chi connectivity index (χ0v) is 34.2. The molecule has 4 amide bonds. The Morgan fingerprint density at radius 1 is 0.830 bits per heavy atom. The molecule has 4 rings (SSSR count). The highest BCUT2D eigenvalue weighted by Gasteiger charge is 2.37. The molecule has 294 valence electrons. The summed E-state index contributed by atoms with van der Waals surface area (Å²) >= 11 is 0. The van der Waals surface area contributed by atoms with E-state index in [0.29, 0.717) is 38.0 Å². The number of piperidine rings is 1. The number of nitrogens with zero attached hydrogens (tertiary/aromatic N) is 4. The van der Waals surface area contributed by atoms with Crippen molar-refractivity contribution in [3.63, 3.8) is 0 Å². The van der Waals surface area contributed by atoms with Crippen LogP contribution in [0.5, 0.6) is 0 Å². The Bertz CT molecular complexity index is 1390. The highest BCUT2D eigenvalue weighted by molar-refractivity contribution is 5.97. The van der Waals surface area contributed by atoms with Crippen LogP contribution in [0.3, 0.4) is 0 Å². The molecule has 2 atom stereocenters. The minimum Gasteiger partial charge on any atom is -0.350 e. The number of amides is 4. The van der Waals surface area contributed by atoms with Gasteiger partial charge in [0.1, 0.15) is 6.04 Å². The fraction of sp³-hybridized carbons (Fsp3) is 0.591. The Morgan fingerprint density at radius 2 is 1.40 bits per heavy atom. The second-order valence-electron chi connectivity index (χ2n) is 15.6. The number of nitrogens with one attached hydrogen (secondary N) is 1. The van der Waals surface area contributed by atoms with Crippen molar-refractivity contribution in [2.45, 2.75) is 119 Å². The number of likely N-dealkylation sites (tertiary alicyclic amines) is 2. The van der Waals surface area contributed by atoms with Crippen molar-refractivity contribution in [2.75, 3.05) is 39.8 Å². The van der Waals surface area contributed by atoms with E-state index in [9.17, 15) is 19.2 Å². The Kier molecular flexibility index (Phi) is 20.8. The van der Waals surface area contributed by atoms with Crippen LogP contribution < -0.4 is 5.32 Å². The summed E-state index contributed by atoms with van der Waals surface area (Å²) in [4.78, 5) is 58.5. The van der Waals surface area contributed by atoms with Gasteiger partial charge in [-0.3, -0.25) is 19.2 Å². The largest absolute Gasteiger partial charge is 0.350 e. The van der Waals surface area contributed by atoms with E-state index >= 15 is 0 Å². The molecule has 2 aromatic carbocycles. The number of carbonyl (C=O) groups is 4. The zero-order valence-electron chi connectivity index (χ0n) is 34.2. The minimum absolute atomic E-state index is 0.0360. The van der Waals surface area contributed by atoms with Gasteiger partial charge in [-0.05, 0) is 88.9 Å². The lowest BCUT2D eigenvalue weighted by molar-refractivity contribution is -0.142. The second-order valence-corrected chi connectivity index (χ2v) is 15.6. The standard InChI is InChI=1S/C32H42N4O4.C8H17N.C4H10/c1-24(2)29(34(4)30(38)21-33-23-37)20-25(3)31(39)36-18-11-16-28(36)32(40)35(22-27-14-9-6-10-15-27)19-17-26-12-7-5-8-13-26;1-8(2)9-6-4-3-5-7-9;1-4(2)3/h5-10,12-15,20,23-24,28-29H,11,16-19,21-22H2,1-4H3,(H,33,37);8H,3-7H2,1-2H3;4H,1-3H3/b25-20+;;/t28-,29+;;/m0../s1. The quantitative estimate of drug-likeness (QED) is 0.168. The molecule has 0 aliphatic carbocycles. The predicted molar refractivity (Wildman–Crippen MR) is 217 cm³/mol. The van der Waals surface area contributed by atoms with Crippen molar-refractivity contribution in [3.05, 3.63) is 83.4 Å². The second kappa shape index (κ2) is 24.4. The van der Waals surface area contributed by atoms with Crippen molar-refractivity contribution in [1.29, 1.82) is 0 Å². The summed E-state index contributed by atoms with van der Waals surface area (Å²) in [5.74, 6) is 0.414. The van der Waals surface area contributed by atoms with Gasteiger partial charge in [0.25, 0.3) is 0 Å². The monoisotopic (exact) mass is 732 g/mol. The Balaban J connectivity index is 0.000000629. The topological polar surface area (TPSA) is 93.3 Å². The van der Waals surface area contributed by atoms with Crippen LogP contribution in [0.15, 0.2) is 72.3 Å². The molecule has 2 heterocycles. The number of likely N-dealkylation sites (N-methyl/N-ethyl adjacent to an activating group) is 1. The first-order chi connectivity index (χ1) is 25.3. The molecule has 2 aliphatic rings. The van der Waals surface area contributed by atoms with Crippen molar-refractivity contribution >= 4 is 24.1 Å². The molecule has 1 N–H and O–H groups in total. The third kappa shape index (κ3) is 16.3. The van der Waals surface area contributed by atoms with Gasteiger partial charge in [-0.1, -0.05) is 108 Å². The number of benzene rings is 2. The van der Waals surface area contributed by atoms with E-state index in [-0.39, 0.29) is 36.2 Å². The van der Waals surface area contributed by atoms with E-state index in [0.717, 1.165) is 35.9 Å². The molecule has 0 saturated carbocycles. The van der Waals surface area contributed by atoms with Gasteiger partial charge in [-0.2, -0.15) is 0 Å². The molecule has 0 radical (unpaired) electrons. The highest BCUT2D eigenvalue weighted by Crippen LogP contribution is 2.24. The smallest absolute Gasteiger partial charge is 0.249 e. The molecule has 0 spiro atoms. The van der Waals surface area contributed by atoms with Crippen molar-refractivity contribution in [3.8, 4) is 0 Å². The molecule has 9 heteroatoms. The minimum atomic E-state index is -0.524. The van der Waals surface area contributed by atoms with Gasteiger partial charge in [-0.15, -0.1) is 0 Å². The zero-order chi connectivity index (χ0) is 39.3. The highest BCUT2D eigenvalue weighted by atomic mass is 16.2. The van der Waals surface area contributed by atoms with E-state index < -0.39 is 6.04 Å². The number of hydrogen-bond donors (Lipinski definition) is 1. The molecule has 9 nitrogen and oxygen atoms in total. The summed E-state index contributed by atoms with van der Waals surface area (Å²) in [6, 6.07) is 19.9. The summed E-state index contributed by atoms with van der Waals surface area (Å²) in [6.45, 7) is 20.9. The Labute approximate surface area is 321 Å². The lowest BCUT2D eigenvalue weighted by Gasteiger charge is -2.32. The summed E-state index contributed by atoms with van der Waals surface area (Å²) < 4.78 is 0. The van der Waals surface area contributed by atoms with Gasteiger partial charge in [0.2, 0.25) is 24.1 Å². The van der Waals surface area contributed by atoms with Gasteiger partial charge >= 0.3 is 0 Å². The van der Waals surface area contributed by atoms with Crippen LogP contribution in [0.25, 0.3) is 0 Å². The van der Waals surface area contributed by atoms with Crippen LogP contribution in [0.1, 0.15) is 98.6 Å². The lowest BCUT2D eigenvalue weighted by Crippen LogP contribution is -2.48. The van der Waals surface area contributed by atoms with Crippen LogP contribution in [-0.2, 0) is 32.1 Å². The van der Waals surface area contributed by atoms with E-state index in [4.69, 9.17) is 0 Å². The maximum atomic E-state index is 14.0. The first kappa shape index (κ1) is 45.2. The fourth-order valence-electron chi connectivity index (χ4n) is 6.62. The number of carbonyl (C=O) groups excluding carboxylic acids is 4. The molecule has 0 bridgehead atoms. The van der Waals surface area contributed by atoms with Crippen LogP contribution in [0, 0.1) is 11.8 Å². The van der Waals surface area contributed by atoms with E-state index in [1.807, 2.05) is 73.4 Å². The third-order valence-electron chi connectivity index (χ3n) is 9.58. The Morgan fingerprint density at radius 3 is 1.91 bits per heavy atom. The van der Waals surface area contributed by atoms with Crippen LogP contribution in [0.4, 0.5) is 0 Å². The summed E-state index contributed by atoms with van der Waals surface area (Å²) in [5.41, 5.74) is 2.71. The van der Waals surface area contributed by atoms with Crippen LogP contribution in [-0.4, -0.2) is 102 Å². The molecular formula is C44H69N5O4. The Hall–Kier alpha value is -3.98. The normalized spacial score (nSPS) is 16.6. The third-order valence-corrected chi connectivity index (χ3v) is 9.58. The molecule has 2 saturated heterocycles. The molecule has 0 aromatic heterocycles. The fourth-order valence-corrected chi connectivity index (χ4v) is 6.62. The van der Waals surface area contributed by atoms with Gasteiger partial charge < -0.3 is 24.9 Å². The van der Waals surface area contributed by atoms with Crippen molar-refractivity contribution < 1.29 is 19.2 Å². The van der Waals surface area contributed by atoms with Gasteiger partial charge in [-0.25, -0.2) is 0 Å². The molecule has 2 fully saturated rings. The van der Waals surface area contributed by atoms with Crippen LogP contribution >= 0.6 is 0 Å². The van der Waals surface area contributed by atoms with Crippen molar-refractivity contribution in [2.24, 2.45) is 11.8 Å². The number of hydrogen-bond acceptors (Lipinski definition) is 5. The van der Waals surface area contributed by atoms with Crippen LogP contribution in [0.2, 0.25) is 0 Å². The van der Waals surface area contributed by atoms with Crippen molar-refractivity contribution in [1.82, 2.24) is 24.9 Å². The first-order valence-electron chi connectivity index (χ1n) is 19.8. The van der Waals surface area contributed by atoms with Gasteiger partial charge in [0.05, 0.1) is 12.6 Å². The molecule has 0 unspecified atom stereocenters. The first-order valence-corrected chi connectivity index (χ1v) is 19.8. The summed E-state index contributed by atoms with van der Waals surface area (Å²) in [6.07, 6.45) is 8.69. The average Bonchev–Trinajstić information content (AvgIpc) is 3.65. The van der Waals surface area contributed by atoms with E-state index in [1.165, 1.54) is 32.4 Å². The average molecular weight is 732 g/mol. The van der Waals surface area contributed by atoms with E-state index in [1.54, 1.807) is 23.8 Å². The maximum absolute atomic E-state index is 14.0. The SMILES string of the molecule is C/C(=C\[C@H](C(C)C)N(C)C(=O)CNC=O)C(=O)N1CCC[C@H]1C(=O)N(CCc1ccccc1)Cc1ccccc1.CC(C)C.CC(C)N1CCCCC1. The maximum Gasteiger partial charge on any atom is 0.249 e. The van der Waals surface area contributed by atoms with E-state index in [2.05, 4.69) is 57.0 Å². The lowest BCUT2D eigenvalue weighted by atomic mass is 9.99. The molecular weight excluding hydrogens is 663 g/mol. The number of rotatable bonds is 14. The molecule has 2 aliphatic heterocycles.